The maximum Gasteiger partial charge on any atom is 0.412 e. The molecule has 0 saturated carbocycles. The number of hydrogen-bond acceptors (Lipinski definition) is 4. The molecule has 1 heterocycles. The zero-order valence-electron chi connectivity index (χ0n) is 15.7. The van der Waals surface area contributed by atoms with Gasteiger partial charge in [-0.1, -0.05) is 6.07 Å². The van der Waals surface area contributed by atoms with Crippen molar-refractivity contribution < 1.29 is 9.53 Å². The van der Waals surface area contributed by atoms with Crippen LogP contribution in [0.25, 0.3) is 0 Å². The smallest absolute Gasteiger partial charge is 0.412 e. The maximum absolute atomic E-state index is 12.1. The molecule has 24 heavy (non-hydrogen) atoms. The summed E-state index contributed by atoms with van der Waals surface area (Å²) in [5, 5.41) is 6.28. The number of rotatable bonds is 4. The van der Waals surface area contributed by atoms with Crippen LogP contribution < -0.4 is 10.6 Å². The van der Waals surface area contributed by atoms with E-state index in [9.17, 15) is 4.79 Å². The normalized spacial score (nSPS) is 16.0. The highest BCUT2D eigenvalue weighted by atomic mass is 16.6. The van der Waals surface area contributed by atoms with Crippen LogP contribution in [-0.2, 0) is 11.2 Å². The summed E-state index contributed by atoms with van der Waals surface area (Å²) in [5.41, 5.74) is 3.89. The molecule has 134 valence electrons. The zero-order valence-corrected chi connectivity index (χ0v) is 15.7. The van der Waals surface area contributed by atoms with E-state index in [-0.39, 0.29) is 0 Å². The second-order valence-corrected chi connectivity index (χ2v) is 7.55. The number of hydrogen-bond donors (Lipinski definition) is 2. The number of nitrogens with zero attached hydrogens (tertiary/aromatic N) is 1. The Morgan fingerprint density at radius 1 is 1.25 bits per heavy atom. The van der Waals surface area contributed by atoms with Gasteiger partial charge >= 0.3 is 6.09 Å². The second-order valence-electron chi connectivity index (χ2n) is 7.55. The third-order valence-electron chi connectivity index (χ3n) is 4.29. The Bertz CT molecular complexity index is 573. The molecule has 1 fully saturated rings. The molecule has 2 N–H and O–H groups in total. The number of aryl methyl sites for hydroxylation is 1. The lowest BCUT2D eigenvalue weighted by Crippen LogP contribution is -2.44. The summed E-state index contributed by atoms with van der Waals surface area (Å²) in [6.07, 6.45) is 0.591. The Labute approximate surface area is 145 Å². The fraction of sp³-hybridized carbons (Fsp3) is 0.632. The minimum atomic E-state index is -0.493. The van der Waals surface area contributed by atoms with Crippen molar-refractivity contribution in [2.24, 2.45) is 0 Å². The molecule has 5 nitrogen and oxygen atoms in total. The second kappa shape index (κ2) is 7.99. The third kappa shape index (κ3) is 5.80. The van der Waals surface area contributed by atoms with Crippen molar-refractivity contribution >= 4 is 11.8 Å². The number of nitrogens with one attached hydrogen (secondary N) is 2. The SMILES string of the molecule is Cc1cc(CCN2CCNCC2)cc(NC(=O)OC(C)(C)C)c1C. The van der Waals surface area contributed by atoms with Gasteiger partial charge in [-0.3, -0.25) is 5.32 Å². The summed E-state index contributed by atoms with van der Waals surface area (Å²) in [6, 6.07) is 4.30. The minimum absolute atomic E-state index is 0.399. The van der Waals surface area contributed by atoms with Crippen molar-refractivity contribution in [2.75, 3.05) is 38.0 Å². The van der Waals surface area contributed by atoms with Gasteiger partial charge in [-0.15, -0.1) is 0 Å². The predicted molar refractivity (Wildman–Crippen MR) is 98.8 cm³/mol. The van der Waals surface area contributed by atoms with Gasteiger partial charge in [-0.05, 0) is 63.8 Å². The summed E-state index contributed by atoms with van der Waals surface area (Å²) in [5.74, 6) is 0. The summed E-state index contributed by atoms with van der Waals surface area (Å²) < 4.78 is 5.37. The molecular formula is C19H31N3O2. The van der Waals surface area contributed by atoms with Crippen LogP contribution in [0.3, 0.4) is 0 Å². The van der Waals surface area contributed by atoms with Gasteiger partial charge in [-0.25, -0.2) is 4.79 Å². The van der Waals surface area contributed by atoms with Gasteiger partial charge in [-0.2, -0.15) is 0 Å². The van der Waals surface area contributed by atoms with E-state index in [2.05, 4.69) is 34.6 Å². The van der Waals surface area contributed by atoms with Crippen LogP contribution in [-0.4, -0.2) is 49.3 Å². The number of carbonyl (C=O) groups excluding carboxylic acids is 1. The number of anilines is 1. The molecule has 0 spiro atoms. The minimum Gasteiger partial charge on any atom is -0.444 e. The van der Waals surface area contributed by atoms with Gasteiger partial charge < -0.3 is 15.0 Å². The fourth-order valence-corrected chi connectivity index (χ4v) is 2.84. The first-order chi connectivity index (χ1) is 11.2. The molecule has 0 bridgehead atoms. The van der Waals surface area contributed by atoms with Gasteiger partial charge in [0.25, 0.3) is 0 Å². The average molecular weight is 333 g/mol. The van der Waals surface area contributed by atoms with Gasteiger partial charge in [0, 0.05) is 38.4 Å². The lowest BCUT2D eigenvalue weighted by atomic mass is 10.0. The van der Waals surface area contributed by atoms with E-state index in [1.807, 2.05) is 27.7 Å². The van der Waals surface area contributed by atoms with Gasteiger partial charge in [0.2, 0.25) is 0 Å². The summed E-state index contributed by atoms with van der Waals surface area (Å²) in [6.45, 7) is 15.1. The first-order valence-corrected chi connectivity index (χ1v) is 8.78. The molecule has 1 aromatic carbocycles. The van der Waals surface area contributed by atoms with Gasteiger partial charge in [0.05, 0.1) is 0 Å². The van der Waals surface area contributed by atoms with E-state index in [0.29, 0.717) is 0 Å². The summed E-state index contributed by atoms with van der Waals surface area (Å²) in [4.78, 5) is 14.5. The van der Waals surface area contributed by atoms with Crippen molar-refractivity contribution in [3.63, 3.8) is 0 Å². The first kappa shape index (κ1) is 18.7. The molecule has 0 atom stereocenters. The largest absolute Gasteiger partial charge is 0.444 e. The zero-order chi connectivity index (χ0) is 17.7. The third-order valence-corrected chi connectivity index (χ3v) is 4.29. The van der Waals surface area contributed by atoms with Crippen molar-refractivity contribution in [1.82, 2.24) is 10.2 Å². The van der Waals surface area contributed by atoms with Crippen LogP contribution in [0.2, 0.25) is 0 Å². The van der Waals surface area contributed by atoms with E-state index < -0.39 is 11.7 Å². The van der Waals surface area contributed by atoms with E-state index in [1.54, 1.807) is 0 Å². The number of benzene rings is 1. The Balaban J connectivity index is 2.02. The van der Waals surface area contributed by atoms with E-state index in [1.165, 1.54) is 11.1 Å². The van der Waals surface area contributed by atoms with E-state index in [4.69, 9.17) is 4.74 Å². The molecule has 1 aliphatic rings. The van der Waals surface area contributed by atoms with Crippen molar-refractivity contribution in [3.05, 3.63) is 28.8 Å². The number of piperazine rings is 1. The Morgan fingerprint density at radius 3 is 2.54 bits per heavy atom. The Hall–Kier alpha value is -1.59. The van der Waals surface area contributed by atoms with E-state index >= 15 is 0 Å². The standard InChI is InChI=1S/C19H31N3O2/c1-14-12-16(6-9-22-10-7-20-8-11-22)13-17(15(14)2)21-18(23)24-19(3,4)5/h12-13,20H,6-11H2,1-5H3,(H,21,23). The van der Waals surface area contributed by atoms with Gasteiger partial charge in [0.1, 0.15) is 5.60 Å². The molecule has 1 aromatic rings. The van der Waals surface area contributed by atoms with Gasteiger partial charge in [0.15, 0.2) is 0 Å². The van der Waals surface area contributed by atoms with Crippen LogP contribution in [0, 0.1) is 13.8 Å². The molecular weight excluding hydrogens is 302 g/mol. The van der Waals surface area contributed by atoms with Crippen molar-refractivity contribution in [1.29, 1.82) is 0 Å². The first-order valence-electron chi connectivity index (χ1n) is 8.78. The molecule has 5 heteroatoms. The lowest BCUT2D eigenvalue weighted by molar-refractivity contribution is 0.0636. The Morgan fingerprint density at radius 2 is 1.92 bits per heavy atom. The number of carbonyl (C=O) groups is 1. The van der Waals surface area contributed by atoms with Crippen LogP contribution in [0.5, 0.6) is 0 Å². The maximum atomic E-state index is 12.1. The highest BCUT2D eigenvalue weighted by Crippen LogP contribution is 2.23. The van der Waals surface area contributed by atoms with Crippen molar-refractivity contribution in [2.45, 2.75) is 46.6 Å². The molecule has 0 unspecified atom stereocenters. The highest BCUT2D eigenvalue weighted by molar-refractivity contribution is 5.86. The molecule has 0 aromatic heterocycles. The van der Waals surface area contributed by atoms with E-state index in [0.717, 1.165) is 50.4 Å². The molecule has 1 amide bonds. The van der Waals surface area contributed by atoms with Crippen LogP contribution >= 0.6 is 0 Å². The quantitative estimate of drug-likeness (QED) is 0.889. The lowest BCUT2D eigenvalue weighted by Gasteiger charge is -2.27. The number of ether oxygens (including phenoxy) is 1. The molecule has 1 aliphatic heterocycles. The molecule has 1 saturated heterocycles. The average Bonchev–Trinajstić information content (AvgIpc) is 2.49. The summed E-state index contributed by atoms with van der Waals surface area (Å²) >= 11 is 0. The highest BCUT2D eigenvalue weighted by Gasteiger charge is 2.17. The van der Waals surface area contributed by atoms with Crippen LogP contribution in [0.15, 0.2) is 12.1 Å². The predicted octanol–water partition coefficient (Wildman–Crippen LogP) is 3.10. The molecule has 2 rings (SSSR count). The molecule has 0 radical (unpaired) electrons. The topological polar surface area (TPSA) is 53.6 Å². The van der Waals surface area contributed by atoms with Crippen LogP contribution in [0.4, 0.5) is 10.5 Å². The number of amides is 1. The Kier molecular flexibility index (Phi) is 6.24. The monoisotopic (exact) mass is 333 g/mol. The van der Waals surface area contributed by atoms with Crippen LogP contribution in [0.1, 0.15) is 37.5 Å². The molecule has 0 aliphatic carbocycles. The van der Waals surface area contributed by atoms with Crippen molar-refractivity contribution in [3.8, 4) is 0 Å². The fourth-order valence-electron chi connectivity index (χ4n) is 2.84. The summed E-state index contributed by atoms with van der Waals surface area (Å²) in [7, 11) is 0.